The molecule has 4 aliphatic rings. The molecule has 2 aromatic heterocycles. The highest BCUT2D eigenvalue weighted by molar-refractivity contribution is 5.94. The minimum absolute atomic E-state index is 0.0543. The third-order valence-electron chi connectivity index (χ3n) is 6.61. The molecule has 148 valence electrons. The molecule has 8 nitrogen and oxygen atoms in total. The first-order valence-corrected chi connectivity index (χ1v) is 10.2. The van der Waals surface area contributed by atoms with E-state index in [0.717, 1.165) is 25.1 Å². The zero-order chi connectivity index (χ0) is 19.4. The van der Waals surface area contributed by atoms with Crippen molar-refractivity contribution >= 4 is 17.5 Å². The number of carbonyl (C=O) groups excluding carboxylic acids is 2. The van der Waals surface area contributed by atoms with Crippen LogP contribution in [0.15, 0.2) is 17.1 Å². The first-order valence-electron chi connectivity index (χ1n) is 10.2. The van der Waals surface area contributed by atoms with Crippen LogP contribution in [0.3, 0.4) is 0 Å². The van der Waals surface area contributed by atoms with Crippen molar-refractivity contribution in [3.05, 3.63) is 33.9 Å². The molecule has 2 aromatic rings. The van der Waals surface area contributed by atoms with Crippen molar-refractivity contribution in [3.8, 4) is 0 Å². The molecule has 2 amide bonds. The number of amides is 2. The van der Waals surface area contributed by atoms with Gasteiger partial charge in [0.25, 0.3) is 11.5 Å². The first-order chi connectivity index (χ1) is 13.5. The smallest absolute Gasteiger partial charge is 0.285 e. The number of fused-ring (bicyclic) bond motifs is 5. The Morgan fingerprint density at radius 1 is 1.21 bits per heavy atom. The molecule has 5 heterocycles. The molecule has 3 aliphatic heterocycles. The number of aryl methyl sites for hydroxylation is 1. The minimum atomic E-state index is -0.391. The van der Waals surface area contributed by atoms with Gasteiger partial charge >= 0.3 is 0 Å². The molecule has 0 radical (unpaired) electrons. The highest BCUT2D eigenvalue weighted by Crippen LogP contribution is 2.34. The summed E-state index contributed by atoms with van der Waals surface area (Å²) in [6.45, 7) is 3.55. The molecule has 0 unspecified atom stereocenters. The van der Waals surface area contributed by atoms with Gasteiger partial charge in [-0.2, -0.15) is 0 Å². The summed E-state index contributed by atoms with van der Waals surface area (Å²) >= 11 is 0. The lowest BCUT2D eigenvalue weighted by Crippen LogP contribution is -2.50. The topological polar surface area (TPSA) is 90.8 Å². The second-order valence-corrected chi connectivity index (χ2v) is 8.54. The van der Waals surface area contributed by atoms with E-state index < -0.39 is 5.56 Å². The summed E-state index contributed by atoms with van der Waals surface area (Å²) in [5, 5.41) is 2.92. The largest absolute Gasteiger partial charge is 0.337 e. The summed E-state index contributed by atoms with van der Waals surface area (Å²) in [6.07, 6.45) is 6.76. The van der Waals surface area contributed by atoms with E-state index in [9.17, 15) is 14.4 Å². The van der Waals surface area contributed by atoms with Crippen molar-refractivity contribution in [1.82, 2.24) is 24.4 Å². The molecule has 4 fully saturated rings. The highest BCUT2D eigenvalue weighted by atomic mass is 16.2. The van der Waals surface area contributed by atoms with Gasteiger partial charge in [-0.05, 0) is 38.5 Å². The third-order valence-corrected chi connectivity index (χ3v) is 6.61. The molecule has 2 atom stereocenters. The Kier molecular flexibility index (Phi) is 4.03. The predicted octanol–water partition coefficient (Wildman–Crippen LogP) is 1.19. The lowest BCUT2D eigenvalue weighted by Gasteiger charge is -2.40. The van der Waals surface area contributed by atoms with Gasteiger partial charge in [-0.1, -0.05) is 6.42 Å². The predicted molar refractivity (Wildman–Crippen MR) is 102 cm³/mol. The van der Waals surface area contributed by atoms with Crippen LogP contribution in [0, 0.1) is 18.8 Å². The van der Waals surface area contributed by atoms with Crippen LogP contribution in [0.5, 0.6) is 0 Å². The fourth-order valence-electron chi connectivity index (χ4n) is 4.80. The van der Waals surface area contributed by atoms with Crippen LogP contribution in [-0.4, -0.2) is 61.9 Å². The fraction of sp³-hybridized carbons (Fsp3) is 0.600. The van der Waals surface area contributed by atoms with Crippen LogP contribution in [0.2, 0.25) is 0 Å². The number of aromatic amines is 1. The maximum Gasteiger partial charge on any atom is 0.285 e. The maximum atomic E-state index is 13.2. The summed E-state index contributed by atoms with van der Waals surface area (Å²) in [5.74, 6) is 0.313. The SMILES string of the molecule is Cc1cc2ncc(C(=O)N3C[C@@H]4CC[C@H](C3)N(CC3CCC3)C4=O)c(=O)n2[nH]1. The Hall–Kier alpha value is -2.64. The average Bonchev–Trinajstić information content (AvgIpc) is 2.82. The van der Waals surface area contributed by atoms with Gasteiger partial charge in [0.05, 0.1) is 5.92 Å². The molecule has 0 aromatic carbocycles. The summed E-state index contributed by atoms with van der Waals surface area (Å²) in [5.41, 5.74) is 0.965. The van der Waals surface area contributed by atoms with Gasteiger partial charge in [-0.3, -0.25) is 19.5 Å². The van der Waals surface area contributed by atoms with Crippen molar-refractivity contribution in [2.45, 2.75) is 45.1 Å². The van der Waals surface area contributed by atoms with Crippen molar-refractivity contribution in [3.63, 3.8) is 0 Å². The van der Waals surface area contributed by atoms with Crippen LogP contribution in [0.4, 0.5) is 0 Å². The maximum absolute atomic E-state index is 13.2. The number of nitrogens with one attached hydrogen (secondary N) is 1. The second kappa shape index (κ2) is 6.46. The van der Waals surface area contributed by atoms with E-state index in [0.29, 0.717) is 24.7 Å². The van der Waals surface area contributed by atoms with E-state index in [4.69, 9.17) is 0 Å². The molecule has 6 rings (SSSR count). The molecule has 2 bridgehead atoms. The molecule has 1 aliphatic carbocycles. The van der Waals surface area contributed by atoms with Crippen LogP contribution in [0.25, 0.3) is 5.65 Å². The van der Waals surface area contributed by atoms with Crippen LogP contribution >= 0.6 is 0 Å². The lowest BCUT2D eigenvalue weighted by atomic mass is 9.83. The normalized spacial score (nSPS) is 25.2. The van der Waals surface area contributed by atoms with Crippen molar-refractivity contribution < 1.29 is 9.59 Å². The molecule has 8 heteroatoms. The number of hydrogen-bond donors (Lipinski definition) is 1. The highest BCUT2D eigenvalue weighted by Gasteiger charge is 2.43. The van der Waals surface area contributed by atoms with Gasteiger partial charge in [-0.15, -0.1) is 0 Å². The average molecular weight is 383 g/mol. The number of piperidine rings is 1. The summed E-state index contributed by atoms with van der Waals surface area (Å²) < 4.78 is 1.31. The summed E-state index contributed by atoms with van der Waals surface area (Å²) in [4.78, 5) is 46.9. The van der Waals surface area contributed by atoms with Crippen LogP contribution in [0.1, 0.15) is 48.2 Å². The van der Waals surface area contributed by atoms with Gasteiger partial charge in [0.15, 0.2) is 5.65 Å². The molecule has 3 saturated heterocycles. The standard InChI is InChI=1S/C20H25N5O3/c1-12-7-17-21-8-16(20(28)25(17)22-12)19(27)23-10-14-5-6-15(11-23)24(18(14)26)9-13-3-2-4-13/h7-8,13-15,22H,2-6,9-11H2,1H3/t14-,15+/m0/s1. The Morgan fingerprint density at radius 3 is 2.79 bits per heavy atom. The molecule has 1 saturated carbocycles. The second-order valence-electron chi connectivity index (χ2n) is 8.54. The van der Waals surface area contributed by atoms with Crippen molar-refractivity contribution in [2.24, 2.45) is 11.8 Å². The molecule has 28 heavy (non-hydrogen) atoms. The lowest BCUT2D eigenvalue weighted by molar-refractivity contribution is -0.141. The third kappa shape index (κ3) is 2.73. The molecule has 1 N–H and O–H groups in total. The number of rotatable bonds is 3. The number of hydrogen-bond acceptors (Lipinski definition) is 4. The van der Waals surface area contributed by atoms with Crippen molar-refractivity contribution in [2.75, 3.05) is 19.6 Å². The van der Waals surface area contributed by atoms with Crippen LogP contribution in [-0.2, 0) is 4.79 Å². The van der Waals surface area contributed by atoms with E-state index >= 15 is 0 Å². The van der Waals surface area contributed by atoms with E-state index in [2.05, 4.69) is 10.1 Å². The minimum Gasteiger partial charge on any atom is -0.337 e. The number of aromatic nitrogens is 3. The Balaban J connectivity index is 1.42. The molecular weight excluding hydrogens is 358 g/mol. The summed E-state index contributed by atoms with van der Waals surface area (Å²) in [6, 6.07) is 1.82. The first kappa shape index (κ1) is 17.5. The van der Waals surface area contributed by atoms with E-state index in [1.54, 1.807) is 11.0 Å². The quantitative estimate of drug-likeness (QED) is 0.862. The van der Waals surface area contributed by atoms with E-state index in [1.807, 2.05) is 11.8 Å². The van der Waals surface area contributed by atoms with Gasteiger partial charge in [0, 0.05) is 43.6 Å². The Morgan fingerprint density at radius 2 is 2.04 bits per heavy atom. The molecular formula is C20H25N5O3. The number of carbonyl (C=O) groups is 2. The monoisotopic (exact) mass is 383 g/mol. The van der Waals surface area contributed by atoms with Gasteiger partial charge in [0.1, 0.15) is 5.56 Å². The van der Waals surface area contributed by atoms with Crippen LogP contribution < -0.4 is 5.56 Å². The van der Waals surface area contributed by atoms with Gasteiger partial charge in [0.2, 0.25) is 5.91 Å². The van der Waals surface area contributed by atoms with E-state index in [1.165, 1.54) is 30.0 Å². The zero-order valence-electron chi connectivity index (χ0n) is 16.1. The van der Waals surface area contributed by atoms with Crippen molar-refractivity contribution in [1.29, 1.82) is 0 Å². The number of H-pyrrole nitrogens is 1. The zero-order valence-corrected chi connectivity index (χ0v) is 16.1. The van der Waals surface area contributed by atoms with Gasteiger partial charge < -0.3 is 9.80 Å². The Bertz CT molecular complexity index is 1000. The Labute approximate surface area is 162 Å². The number of nitrogens with zero attached hydrogens (tertiary/aromatic N) is 4. The van der Waals surface area contributed by atoms with E-state index in [-0.39, 0.29) is 29.3 Å². The van der Waals surface area contributed by atoms with Gasteiger partial charge in [-0.25, -0.2) is 9.50 Å². The summed E-state index contributed by atoms with van der Waals surface area (Å²) in [7, 11) is 0. The fourth-order valence-corrected chi connectivity index (χ4v) is 4.80. The molecule has 0 spiro atoms.